The van der Waals surface area contributed by atoms with Crippen molar-refractivity contribution in [2.24, 2.45) is 5.92 Å². The molecule has 0 heterocycles. The van der Waals surface area contributed by atoms with Gasteiger partial charge in [-0.25, -0.2) is 0 Å². The molecule has 0 spiro atoms. The molecule has 1 unspecified atom stereocenters. The zero-order valence-electron chi connectivity index (χ0n) is 13.3. The van der Waals surface area contributed by atoms with Crippen molar-refractivity contribution in [1.82, 2.24) is 0 Å². The van der Waals surface area contributed by atoms with Gasteiger partial charge in [0.1, 0.15) is 11.4 Å². The van der Waals surface area contributed by atoms with Crippen LogP contribution in [0.25, 0.3) is 0 Å². The van der Waals surface area contributed by atoms with E-state index in [1.807, 2.05) is 0 Å². The zero-order chi connectivity index (χ0) is 14.6. The van der Waals surface area contributed by atoms with E-state index in [2.05, 4.69) is 72.4 Å². The topological polar surface area (TPSA) is 9.23 Å². The largest absolute Gasteiger partial charge is 0.488 e. The molecule has 0 bridgehead atoms. The Kier molecular flexibility index (Phi) is 5.22. The van der Waals surface area contributed by atoms with E-state index in [0.717, 1.165) is 12.2 Å². The fourth-order valence-corrected chi connectivity index (χ4v) is 2.11. The first kappa shape index (κ1) is 15.8. The lowest BCUT2D eigenvalue weighted by atomic mass is 9.89. The molecule has 0 fully saturated rings. The average Bonchev–Trinajstić information content (AvgIpc) is 2.26. The van der Waals surface area contributed by atoms with Gasteiger partial charge in [0, 0.05) is 5.92 Å². The summed E-state index contributed by atoms with van der Waals surface area (Å²) in [6.07, 6.45) is 1.08. The summed E-state index contributed by atoms with van der Waals surface area (Å²) in [5.74, 6) is 2.00. The fraction of sp³-hybridized carbons (Fsp3) is 0.556. The van der Waals surface area contributed by atoms with Gasteiger partial charge in [-0.2, -0.15) is 0 Å². The second kappa shape index (κ2) is 6.27. The standard InChI is InChI=1S/C18H28O/c1-13(2)12-14(3)15(4)16-8-10-17(11-9-16)19-18(5,6)7/h8-11,13,15H,3,12H2,1-2,4-7H3. The highest BCUT2D eigenvalue weighted by atomic mass is 16.5. The molecular weight excluding hydrogens is 232 g/mol. The Balaban J connectivity index is 2.73. The zero-order valence-corrected chi connectivity index (χ0v) is 13.3. The molecule has 1 atom stereocenters. The molecule has 0 aliphatic rings. The minimum Gasteiger partial charge on any atom is -0.488 e. The van der Waals surface area contributed by atoms with Gasteiger partial charge in [-0.15, -0.1) is 0 Å². The van der Waals surface area contributed by atoms with Crippen LogP contribution in [0.1, 0.15) is 59.4 Å². The van der Waals surface area contributed by atoms with Gasteiger partial charge in [0.15, 0.2) is 0 Å². The second-order valence-corrected chi connectivity index (χ2v) is 6.76. The molecule has 0 saturated heterocycles. The van der Waals surface area contributed by atoms with Crippen LogP contribution in [-0.4, -0.2) is 5.60 Å². The number of hydrogen-bond donors (Lipinski definition) is 0. The maximum absolute atomic E-state index is 5.84. The Bertz CT molecular complexity index is 406. The van der Waals surface area contributed by atoms with Crippen LogP contribution in [-0.2, 0) is 0 Å². The van der Waals surface area contributed by atoms with Crippen LogP contribution in [0.4, 0.5) is 0 Å². The van der Waals surface area contributed by atoms with Gasteiger partial charge in [-0.1, -0.05) is 45.1 Å². The Morgan fingerprint density at radius 1 is 1.11 bits per heavy atom. The third-order valence-corrected chi connectivity index (χ3v) is 3.09. The minimum atomic E-state index is -0.144. The van der Waals surface area contributed by atoms with Crippen LogP contribution in [0, 0.1) is 5.92 Å². The molecule has 1 rings (SSSR count). The molecule has 19 heavy (non-hydrogen) atoms. The van der Waals surface area contributed by atoms with Gasteiger partial charge in [-0.05, 0) is 50.8 Å². The maximum Gasteiger partial charge on any atom is 0.120 e. The van der Waals surface area contributed by atoms with Crippen LogP contribution in [0.2, 0.25) is 0 Å². The van der Waals surface area contributed by atoms with Crippen molar-refractivity contribution in [1.29, 1.82) is 0 Å². The summed E-state index contributed by atoms with van der Waals surface area (Å²) in [6.45, 7) is 17.1. The van der Waals surface area contributed by atoms with E-state index < -0.39 is 0 Å². The van der Waals surface area contributed by atoms with Crippen molar-refractivity contribution in [3.8, 4) is 5.75 Å². The molecular formula is C18H28O. The summed E-state index contributed by atoms with van der Waals surface area (Å²) in [4.78, 5) is 0. The van der Waals surface area contributed by atoms with Gasteiger partial charge < -0.3 is 4.74 Å². The van der Waals surface area contributed by atoms with Gasteiger partial charge in [0.2, 0.25) is 0 Å². The van der Waals surface area contributed by atoms with Crippen LogP contribution in [0.5, 0.6) is 5.75 Å². The van der Waals surface area contributed by atoms with Crippen LogP contribution >= 0.6 is 0 Å². The summed E-state index contributed by atoms with van der Waals surface area (Å²) in [5, 5.41) is 0. The van der Waals surface area contributed by atoms with Gasteiger partial charge >= 0.3 is 0 Å². The molecule has 0 N–H and O–H groups in total. The fourth-order valence-electron chi connectivity index (χ4n) is 2.11. The summed E-state index contributed by atoms with van der Waals surface area (Å²) in [6, 6.07) is 8.41. The summed E-state index contributed by atoms with van der Waals surface area (Å²) in [5.41, 5.74) is 2.47. The molecule has 0 aliphatic carbocycles. The van der Waals surface area contributed by atoms with Crippen molar-refractivity contribution in [3.05, 3.63) is 42.0 Å². The van der Waals surface area contributed by atoms with Crippen LogP contribution in [0.15, 0.2) is 36.4 Å². The van der Waals surface area contributed by atoms with Gasteiger partial charge in [0.05, 0.1) is 0 Å². The normalized spacial score (nSPS) is 13.4. The number of allylic oxidation sites excluding steroid dienone is 1. The highest BCUT2D eigenvalue weighted by Gasteiger charge is 2.13. The number of hydrogen-bond acceptors (Lipinski definition) is 1. The molecule has 0 radical (unpaired) electrons. The smallest absolute Gasteiger partial charge is 0.120 e. The van der Waals surface area contributed by atoms with Crippen LogP contribution < -0.4 is 4.74 Å². The van der Waals surface area contributed by atoms with E-state index >= 15 is 0 Å². The average molecular weight is 260 g/mol. The second-order valence-electron chi connectivity index (χ2n) is 6.76. The molecule has 1 heteroatoms. The number of rotatable bonds is 5. The maximum atomic E-state index is 5.84. The predicted molar refractivity (Wildman–Crippen MR) is 83.8 cm³/mol. The van der Waals surface area contributed by atoms with E-state index in [-0.39, 0.29) is 5.60 Å². The van der Waals surface area contributed by atoms with E-state index in [9.17, 15) is 0 Å². The molecule has 1 aromatic rings. The number of benzene rings is 1. The molecule has 1 nitrogen and oxygen atoms in total. The lowest BCUT2D eigenvalue weighted by Crippen LogP contribution is -2.22. The van der Waals surface area contributed by atoms with Crippen molar-refractivity contribution in [2.45, 2.75) is 59.5 Å². The lowest BCUT2D eigenvalue weighted by Gasteiger charge is -2.22. The first-order valence-corrected chi connectivity index (χ1v) is 7.15. The summed E-state index contributed by atoms with van der Waals surface area (Å²) >= 11 is 0. The first-order valence-electron chi connectivity index (χ1n) is 7.15. The molecule has 1 aromatic carbocycles. The van der Waals surface area contributed by atoms with Crippen molar-refractivity contribution < 1.29 is 4.74 Å². The van der Waals surface area contributed by atoms with Gasteiger partial charge in [-0.3, -0.25) is 0 Å². The van der Waals surface area contributed by atoms with Crippen molar-refractivity contribution in [3.63, 3.8) is 0 Å². The van der Waals surface area contributed by atoms with E-state index in [4.69, 9.17) is 4.74 Å². The molecule has 0 amide bonds. The monoisotopic (exact) mass is 260 g/mol. The molecule has 0 saturated carbocycles. The van der Waals surface area contributed by atoms with Crippen molar-refractivity contribution in [2.75, 3.05) is 0 Å². The van der Waals surface area contributed by atoms with Gasteiger partial charge in [0.25, 0.3) is 0 Å². The molecule has 106 valence electrons. The third-order valence-electron chi connectivity index (χ3n) is 3.09. The highest BCUT2D eigenvalue weighted by molar-refractivity contribution is 5.33. The van der Waals surface area contributed by atoms with E-state index in [1.165, 1.54) is 11.1 Å². The highest BCUT2D eigenvalue weighted by Crippen LogP contribution is 2.29. The summed E-state index contributed by atoms with van der Waals surface area (Å²) in [7, 11) is 0. The number of ether oxygens (including phenoxy) is 1. The third kappa shape index (κ3) is 5.50. The Hall–Kier alpha value is -1.24. The Labute approximate surface area is 118 Å². The van der Waals surface area contributed by atoms with E-state index in [1.54, 1.807) is 0 Å². The van der Waals surface area contributed by atoms with Crippen molar-refractivity contribution >= 4 is 0 Å². The molecule has 0 aliphatic heterocycles. The first-order chi connectivity index (χ1) is 8.69. The SMILES string of the molecule is C=C(CC(C)C)C(C)c1ccc(OC(C)(C)C)cc1. The Morgan fingerprint density at radius 2 is 1.63 bits per heavy atom. The van der Waals surface area contributed by atoms with Crippen LogP contribution in [0.3, 0.4) is 0 Å². The minimum absolute atomic E-state index is 0.144. The quantitative estimate of drug-likeness (QED) is 0.629. The van der Waals surface area contributed by atoms with E-state index in [0.29, 0.717) is 11.8 Å². The predicted octanol–water partition coefficient (Wildman–Crippen LogP) is 5.57. The summed E-state index contributed by atoms with van der Waals surface area (Å²) < 4.78 is 5.84. The Morgan fingerprint density at radius 3 is 2.05 bits per heavy atom. The molecule has 0 aromatic heterocycles. The lowest BCUT2D eigenvalue weighted by molar-refractivity contribution is 0.131.